The van der Waals surface area contributed by atoms with Gasteiger partial charge in [-0.2, -0.15) is 0 Å². The maximum Gasteiger partial charge on any atom is 0.0438 e. The summed E-state index contributed by atoms with van der Waals surface area (Å²) in [5.74, 6) is 0.754. The van der Waals surface area contributed by atoms with Gasteiger partial charge in [0.25, 0.3) is 0 Å². The lowest BCUT2D eigenvalue weighted by atomic mass is 9.87. The first-order valence-corrected chi connectivity index (χ1v) is 7.93. The van der Waals surface area contributed by atoms with Crippen LogP contribution in [0.4, 0.5) is 5.69 Å². The van der Waals surface area contributed by atoms with Gasteiger partial charge in [-0.3, -0.25) is 0 Å². The highest BCUT2D eigenvalue weighted by atomic mass is 127. The standard InChI is InChI=1S/C15H18IN/c1-17-14-5-3-2-4-12(14)10-13(8-9-16)15(17)11-6-7-11/h2-5,13H,6-10H2,1H3. The number of para-hydroxylation sites is 1. The molecular weight excluding hydrogens is 321 g/mol. The van der Waals surface area contributed by atoms with Crippen LogP contribution in [-0.2, 0) is 6.42 Å². The summed E-state index contributed by atoms with van der Waals surface area (Å²) in [7, 11) is 2.25. The van der Waals surface area contributed by atoms with E-state index in [0.717, 1.165) is 5.92 Å². The van der Waals surface area contributed by atoms with E-state index >= 15 is 0 Å². The van der Waals surface area contributed by atoms with E-state index < -0.39 is 0 Å². The Kier molecular flexibility index (Phi) is 3.16. The second kappa shape index (κ2) is 4.63. The van der Waals surface area contributed by atoms with Crippen molar-refractivity contribution in [3.63, 3.8) is 0 Å². The number of allylic oxidation sites excluding steroid dienone is 2. The van der Waals surface area contributed by atoms with Crippen LogP contribution in [0.3, 0.4) is 0 Å². The van der Waals surface area contributed by atoms with Gasteiger partial charge in [0.1, 0.15) is 0 Å². The molecule has 0 bridgehead atoms. The molecule has 0 saturated heterocycles. The van der Waals surface area contributed by atoms with Gasteiger partial charge in [-0.1, -0.05) is 40.8 Å². The van der Waals surface area contributed by atoms with Gasteiger partial charge < -0.3 is 4.90 Å². The van der Waals surface area contributed by atoms with Crippen molar-refractivity contribution >= 4 is 28.3 Å². The van der Waals surface area contributed by atoms with Gasteiger partial charge in [-0.05, 0) is 42.9 Å². The van der Waals surface area contributed by atoms with Crippen LogP contribution in [0.5, 0.6) is 0 Å². The molecule has 2 aliphatic rings. The van der Waals surface area contributed by atoms with E-state index in [1.807, 2.05) is 0 Å². The largest absolute Gasteiger partial charge is 0.348 e. The van der Waals surface area contributed by atoms with Crippen LogP contribution in [0.1, 0.15) is 24.8 Å². The van der Waals surface area contributed by atoms with Crippen LogP contribution >= 0.6 is 22.6 Å². The Morgan fingerprint density at radius 3 is 2.76 bits per heavy atom. The molecule has 1 aliphatic carbocycles. The quantitative estimate of drug-likeness (QED) is 0.577. The summed E-state index contributed by atoms with van der Waals surface area (Å²) in [6.07, 6.45) is 5.22. The second-order valence-electron chi connectivity index (χ2n) is 5.06. The van der Waals surface area contributed by atoms with E-state index in [1.54, 1.807) is 11.3 Å². The van der Waals surface area contributed by atoms with Gasteiger partial charge in [0.05, 0.1) is 0 Å². The molecule has 2 heteroatoms. The molecule has 1 atom stereocenters. The number of fused-ring (bicyclic) bond motifs is 1. The minimum Gasteiger partial charge on any atom is -0.348 e. The fourth-order valence-electron chi connectivity index (χ4n) is 2.99. The van der Waals surface area contributed by atoms with Crippen molar-refractivity contribution in [1.29, 1.82) is 0 Å². The van der Waals surface area contributed by atoms with Crippen molar-refractivity contribution < 1.29 is 0 Å². The maximum absolute atomic E-state index is 2.51. The van der Waals surface area contributed by atoms with E-state index in [9.17, 15) is 0 Å². The van der Waals surface area contributed by atoms with E-state index in [2.05, 4.69) is 58.8 Å². The summed E-state index contributed by atoms with van der Waals surface area (Å²) >= 11 is 2.51. The minimum absolute atomic E-state index is 0.754. The van der Waals surface area contributed by atoms with Crippen molar-refractivity contribution in [3.8, 4) is 0 Å². The Hall–Kier alpha value is -0.510. The number of hydrogen-bond acceptors (Lipinski definition) is 1. The fraction of sp³-hybridized carbons (Fsp3) is 0.467. The Balaban J connectivity index is 2.02. The van der Waals surface area contributed by atoms with Crippen LogP contribution in [0.2, 0.25) is 0 Å². The van der Waals surface area contributed by atoms with Crippen LogP contribution in [0, 0.1) is 5.92 Å². The minimum atomic E-state index is 0.754. The molecule has 17 heavy (non-hydrogen) atoms. The number of alkyl halides is 1. The summed E-state index contributed by atoms with van der Waals surface area (Å²) in [6.45, 7) is 0. The fourth-order valence-corrected chi connectivity index (χ4v) is 3.74. The molecule has 1 nitrogen and oxygen atoms in total. The number of nitrogens with zero attached hydrogens (tertiary/aromatic N) is 1. The number of hydrogen-bond donors (Lipinski definition) is 0. The van der Waals surface area contributed by atoms with E-state index in [0.29, 0.717) is 0 Å². The SMILES string of the molecule is CN1C(=C2CC2)C(CCI)Cc2ccccc21. The molecule has 0 aromatic heterocycles. The summed E-state index contributed by atoms with van der Waals surface area (Å²) in [5.41, 5.74) is 6.29. The van der Waals surface area contributed by atoms with Gasteiger partial charge in [-0.15, -0.1) is 0 Å². The molecule has 1 unspecified atom stereocenters. The van der Waals surface area contributed by atoms with Crippen LogP contribution < -0.4 is 4.90 Å². The van der Waals surface area contributed by atoms with Crippen molar-refractivity contribution in [3.05, 3.63) is 41.1 Å². The lowest BCUT2D eigenvalue weighted by molar-refractivity contribution is 0.561. The molecule has 1 saturated carbocycles. The topological polar surface area (TPSA) is 3.24 Å². The van der Waals surface area contributed by atoms with Gasteiger partial charge in [0.15, 0.2) is 0 Å². The highest BCUT2D eigenvalue weighted by Crippen LogP contribution is 2.44. The Morgan fingerprint density at radius 1 is 1.29 bits per heavy atom. The summed E-state index contributed by atoms with van der Waals surface area (Å²) in [4.78, 5) is 2.46. The summed E-state index contributed by atoms with van der Waals surface area (Å²) in [5, 5.41) is 0. The van der Waals surface area contributed by atoms with Gasteiger partial charge in [0.2, 0.25) is 0 Å². The van der Waals surface area contributed by atoms with E-state index in [-0.39, 0.29) is 0 Å². The van der Waals surface area contributed by atoms with Crippen LogP contribution in [-0.4, -0.2) is 11.5 Å². The number of rotatable bonds is 2. The molecule has 0 amide bonds. The molecule has 0 spiro atoms. The van der Waals surface area contributed by atoms with Crippen molar-refractivity contribution in [2.24, 2.45) is 5.92 Å². The third kappa shape index (κ3) is 2.12. The van der Waals surface area contributed by atoms with E-state index in [4.69, 9.17) is 0 Å². The monoisotopic (exact) mass is 339 g/mol. The van der Waals surface area contributed by atoms with Gasteiger partial charge in [0, 0.05) is 28.8 Å². The zero-order valence-corrected chi connectivity index (χ0v) is 12.4. The number of anilines is 1. The lowest BCUT2D eigenvalue weighted by Gasteiger charge is -2.36. The molecule has 1 aliphatic heterocycles. The average Bonchev–Trinajstić information content (AvgIpc) is 3.14. The van der Waals surface area contributed by atoms with Crippen molar-refractivity contribution in [2.75, 3.05) is 16.4 Å². The smallest absolute Gasteiger partial charge is 0.0438 e. The molecule has 3 rings (SSSR count). The Morgan fingerprint density at radius 2 is 2.06 bits per heavy atom. The molecule has 1 heterocycles. The molecule has 1 fully saturated rings. The maximum atomic E-state index is 2.51. The predicted octanol–water partition coefficient (Wildman–Crippen LogP) is 4.17. The predicted molar refractivity (Wildman–Crippen MR) is 81.8 cm³/mol. The third-order valence-electron chi connectivity index (χ3n) is 3.89. The molecule has 0 radical (unpaired) electrons. The highest BCUT2D eigenvalue weighted by molar-refractivity contribution is 14.1. The number of halogens is 1. The second-order valence-corrected chi connectivity index (χ2v) is 6.13. The highest BCUT2D eigenvalue weighted by Gasteiger charge is 2.31. The molecule has 1 aromatic carbocycles. The summed E-state index contributed by atoms with van der Waals surface area (Å²) < 4.78 is 1.26. The zero-order valence-electron chi connectivity index (χ0n) is 10.2. The van der Waals surface area contributed by atoms with Gasteiger partial charge in [-0.25, -0.2) is 0 Å². The molecule has 0 N–H and O–H groups in total. The van der Waals surface area contributed by atoms with Crippen molar-refractivity contribution in [2.45, 2.75) is 25.7 Å². The van der Waals surface area contributed by atoms with E-state index in [1.165, 1.54) is 41.4 Å². The number of benzene rings is 1. The molecule has 1 aromatic rings. The van der Waals surface area contributed by atoms with Crippen LogP contribution in [0.15, 0.2) is 35.5 Å². The average molecular weight is 339 g/mol. The van der Waals surface area contributed by atoms with Crippen LogP contribution in [0.25, 0.3) is 0 Å². The molecule has 90 valence electrons. The Labute approximate surface area is 117 Å². The molecular formula is C15H18IN. The van der Waals surface area contributed by atoms with Gasteiger partial charge >= 0.3 is 0 Å². The first kappa shape index (κ1) is 11.6. The normalized spacial score (nSPS) is 22.7. The Bertz CT molecular complexity index is 458. The first-order chi connectivity index (χ1) is 8.31. The lowest BCUT2D eigenvalue weighted by Crippen LogP contribution is -2.30. The summed E-state index contributed by atoms with van der Waals surface area (Å²) in [6, 6.07) is 8.88. The zero-order chi connectivity index (χ0) is 11.8. The first-order valence-electron chi connectivity index (χ1n) is 6.40. The van der Waals surface area contributed by atoms with Crippen molar-refractivity contribution in [1.82, 2.24) is 0 Å². The third-order valence-corrected chi connectivity index (χ3v) is 4.51.